The molecule has 0 aliphatic carbocycles. The Hall–Kier alpha value is -3.08. The molecule has 0 aliphatic heterocycles. The summed E-state index contributed by atoms with van der Waals surface area (Å²) >= 11 is 0. The highest BCUT2D eigenvalue weighted by molar-refractivity contribution is 5.94. The van der Waals surface area contributed by atoms with Crippen molar-refractivity contribution in [3.63, 3.8) is 0 Å². The van der Waals surface area contributed by atoms with Gasteiger partial charge in [0, 0.05) is 23.1 Å². The van der Waals surface area contributed by atoms with Gasteiger partial charge in [0.05, 0.1) is 0 Å². The van der Waals surface area contributed by atoms with Crippen LogP contribution in [0.3, 0.4) is 0 Å². The third-order valence-electron chi connectivity index (χ3n) is 4.04. The van der Waals surface area contributed by atoms with E-state index in [1.807, 2.05) is 31.2 Å². The molecule has 2 aromatic carbocycles. The zero-order valence-corrected chi connectivity index (χ0v) is 14.2. The molecule has 0 radical (unpaired) electrons. The van der Waals surface area contributed by atoms with Gasteiger partial charge in [-0.2, -0.15) is 0 Å². The zero-order chi connectivity index (χ0) is 18.2. The Bertz CT molecular complexity index is 1010. The summed E-state index contributed by atoms with van der Waals surface area (Å²) < 4.78 is 10.8. The number of hydrogen-bond acceptors (Lipinski definition) is 4. The Morgan fingerprint density at radius 3 is 2.48 bits per heavy atom. The fraction of sp³-hybridized carbons (Fsp3) is 0.200. The highest BCUT2D eigenvalue weighted by Crippen LogP contribution is 2.32. The molecule has 0 atom stereocenters. The number of aryl methyl sites for hydroxylation is 1. The summed E-state index contributed by atoms with van der Waals surface area (Å²) in [6.45, 7) is 4.89. The number of carbonyl (C=O) groups is 1. The predicted molar refractivity (Wildman–Crippen MR) is 95.0 cm³/mol. The summed E-state index contributed by atoms with van der Waals surface area (Å²) in [4.78, 5) is 23.2. The molecule has 1 aromatic heterocycles. The highest BCUT2D eigenvalue weighted by Gasteiger charge is 2.29. The van der Waals surface area contributed by atoms with Crippen molar-refractivity contribution >= 4 is 16.9 Å². The molecule has 5 heteroatoms. The average Bonchev–Trinajstić information content (AvgIpc) is 2.53. The summed E-state index contributed by atoms with van der Waals surface area (Å²) in [6.07, 6.45) is 0. The minimum Gasteiger partial charge on any atom is -0.478 e. The fourth-order valence-electron chi connectivity index (χ4n) is 2.64. The van der Waals surface area contributed by atoms with Crippen molar-refractivity contribution in [1.29, 1.82) is 0 Å². The highest BCUT2D eigenvalue weighted by atomic mass is 16.5. The van der Waals surface area contributed by atoms with Crippen LogP contribution in [0.15, 0.2) is 57.7 Å². The molecular weight excluding hydrogens is 320 g/mol. The quantitative estimate of drug-likeness (QED) is 0.727. The molecule has 3 aromatic rings. The van der Waals surface area contributed by atoms with Crippen molar-refractivity contribution in [2.75, 3.05) is 0 Å². The second kappa shape index (κ2) is 6.09. The Morgan fingerprint density at radius 2 is 1.80 bits per heavy atom. The summed E-state index contributed by atoms with van der Waals surface area (Å²) in [7, 11) is 0. The average molecular weight is 338 g/mol. The number of carboxylic acid groups (broad SMARTS) is 1. The van der Waals surface area contributed by atoms with Crippen molar-refractivity contribution in [2.45, 2.75) is 26.4 Å². The van der Waals surface area contributed by atoms with Crippen LogP contribution in [0.2, 0.25) is 0 Å². The van der Waals surface area contributed by atoms with Gasteiger partial charge in [0.15, 0.2) is 5.60 Å². The van der Waals surface area contributed by atoms with Gasteiger partial charge in [0.1, 0.15) is 11.3 Å². The lowest BCUT2D eigenvalue weighted by Gasteiger charge is -2.21. The van der Waals surface area contributed by atoms with E-state index < -0.39 is 17.2 Å². The third-order valence-corrected chi connectivity index (χ3v) is 4.04. The molecule has 0 spiro atoms. The molecule has 128 valence electrons. The van der Waals surface area contributed by atoms with E-state index >= 15 is 0 Å². The van der Waals surface area contributed by atoms with Crippen LogP contribution in [-0.2, 0) is 4.79 Å². The second-order valence-electron chi connectivity index (χ2n) is 6.37. The summed E-state index contributed by atoms with van der Waals surface area (Å²) in [5.41, 5.74) is 1.25. The minimum atomic E-state index is -1.39. The van der Waals surface area contributed by atoms with E-state index in [2.05, 4.69) is 0 Å². The van der Waals surface area contributed by atoms with Crippen molar-refractivity contribution in [3.05, 3.63) is 64.5 Å². The zero-order valence-electron chi connectivity index (χ0n) is 14.2. The lowest BCUT2D eigenvalue weighted by Crippen LogP contribution is -2.37. The van der Waals surface area contributed by atoms with Crippen LogP contribution < -0.4 is 10.4 Å². The van der Waals surface area contributed by atoms with E-state index in [9.17, 15) is 14.7 Å². The minimum absolute atomic E-state index is 0.324. The second-order valence-corrected chi connectivity index (χ2v) is 6.37. The molecule has 1 N–H and O–H groups in total. The monoisotopic (exact) mass is 338 g/mol. The van der Waals surface area contributed by atoms with Gasteiger partial charge in [-0.25, -0.2) is 9.59 Å². The van der Waals surface area contributed by atoms with Gasteiger partial charge >= 0.3 is 11.6 Å². The number of aliphatic carboxylic acids is 1. The molecule has 0 fully saturated rings. The van der Waals surface area contributed by atoms with E-state index in [0.29, 0.717) is 11.3 Å². The predicted octanol–water partition coefficient (Wildman–Crippen LogP) is 4.01. The van der Waals surface area contributed by atoms with E-state index in [4.69, 9.17) is 9.15 Å². The van der Waals surface area contributed by atoms with Crippen LogP contribution in [0.25, 0.3) is 22.1 Å². The maximum absolute atomic E-state index is 12.0. The first-order chi connectivity index (χ1) is 11.8. The molecule has 3 rings (SSSR count). The first-order valence-electron chi connectivity index (χ1n) is 7.84. The summed E-state index contributed by atoms with van der Waals surface area (Å²) in [5, 5.41) is 9.94. The van der Waals surface area contributed by atoms with E-state index in [0.717, 1.165) is 22.1 Å². The molecule has 0 saturated heterocycles. The number of fused-ring (bicyclic) bond motifs is 1. The van der Waals surface area contributed by atoms with E-state index in [-0.39, 0.29) is 0 Å². The Balaban J connectivity index is 2.15. The van der Waals surface area contributed by atoms with Crippen LogP contribution in [0.5, 0.6) is 5.75 Å². The smallest absolute Gasteiger partial charge is 0.347 e. The first kappa shape index (κ1) is 16.8. The molecule has 0 bridgehead atoms. The lowest BCUT2D eigenvalue weighted by atomic mass is 9.98. The number of ether oxygens (including phenoxy) is 1. The van der Waals surface area contributed by atoms with Crippen LogP contribution in [-0.4, -0.2) is 16.7 Å². The largest absolute Gasteiger partial charge is 0.478 e. The van der Waals surface area contributed by atoms with Crippen LogP contribution in [0.1, 0.15) is 19.4 Å². The van der Waals surface area contributed by atoms with E-state index in [1.54, 1.807) is 18.2 Å². The van der Waals surface area contributed by atoms with Crippen molar-refractivity contribution in [2.24, 2.45) is 0 Å². The van der Waals surface area contributed by atoms with Gasteiger partial charge in [-0.15, -0.1) is 0 Å². The van der Waals surface area contributed by atoms with Crippen molar-refractivity contribution in [1.82, 2.24) is 0 Å². The van der Waals surface area contributed by atoms with Gasteiger partial charge in [-0.1, -0.05) is 24.3 Å². The van der Waals surface area contributed by atoms with Gasteiger partial charge in [-0.3, -0.25) is 0 Å². The van der Waals surface area contributed by atoms with Crippen molar-refractivity contribution in [3.8, 4) is 16.9 Å². The van der Waals surface area contributed by atoms with Gasteiger partial charge in [0.25, 0.3) is 0 Å². The van der Waals surface area contributed by atoms with Crippen LogP contribution >= 0.6 is 0 Å². The molecule has 25 heavy (non-hydrogen) atoms. The molecular formula is C20H18O5. The van der Waals surface area contributed by atoms with Gasteiger partial charge in [0.2, 0.25) is 0 Å². The molecule has 0 aliphatic rings. The maximum atomic E-state index is 12.0. The Labute approximate surface area is 144 Å². The van der Waals surface area contributed by atoms with Crippen LogP contribution in [0.4, 0.5) is 0 Å². The molecule has 1 heterocycles. The third kappa shape index (κ3) is 3.26. The maximum Gasteiger partial charge on any atom is 0.347 e. The molecule has 0 amide bonds. The fourth-order valence-corrected chi connectivity index (χ4v) is 2.64. The number of benzene rings is 2. The normalized spacial score (nSPS) is 11.5. The molecule has 5 nitrogen and oxygen atoms in total. The standard InChI is InChI=1S/C20H18O5/c1-12-6-4-5-7-14(12)16-11-18(21)24-17-10-13(8-9-15(16)17)25-20(2,3)19(22)23/h4-11H,1-3H3,(H,22,23). The van der Waals surface area contributed by atoms with E-state index in [1.165, 1.54) is 19.9 Å². The number of carboxylic acids is 1. The Morgan fingerprint density at radius 1 is 1.08 bits per heavy atom. The number of hydrogen-bond donors (Lipinski definition) is 1. The van der Waals surface area contributed by atoms with Crippen molar-refractivity contribution < 1.29 is 19.1 Å². The van der Waals surface area contributed by atoms with Gasteiger partial charge in [-0.05, 0) is 44.0 Å². The number of rotatable bonds is 4. The molecule has 0 saturated carbocycles. The Kier molecular flexibility index (Phi) is 4.08. The van der Waals surface area contributed by atoms with Gasteiger partial charge < -0.3 is 14.3 Å². The summed E-state index contributed by atoms with van der Waals surface area (Å²) in [5.74, 6) is -0.757. The topological polar surface area (TPSA) is 76.7 Å². The lowest BCUT2D eigenvalue weighted by molar-refractivity contribution is -0.152. The SMILES string of the molecule is Cc1ccccc1-c1cc(=O)oc2cc(OC(C)(C)C(=O)O)ccc12. The summed E-state index contributed by atoms with van der Waals surface area (Å²) in [6, 6.07) is 14.2. The molecule has 0 unspecified atom stereocenters. The van der Waals surface area contributed by atoms with Crippen LogP contribution in [0, 0.1) is 6.92 Å². The first-order valence-corrected chi connectivity index (χ1v) is 7.84.